The van der Waals surface area contributed by atoms with Crippen molar-refractivity contribution in [2.75, 3.05) is 7.11 Å². The molecule has 0 saturated carbocycles. The summed E-state index contributed by atoms with van der Waals surface area (Å²) in [6, 6.07) is 4.03. The number of methoxy groups -OCH3 is 1. The van der Waals surface area contributed by atoms with Gasteiger partial charge in [0.15, 0.2) is 5.76 Å². The molecule has 0 fully saturated rings. The third kappa shape index (κ3) is 4.21. The van der Waals surface area contributed by atoms with Crippen molar-refractivity contribution in [1.29, 1.82) is 0 Å². The number of halogens is 4. The highest BCUT2D eigenvalue weighted by molar-refractivity contribution is 9.10. The Labute approximate surface area is 126 Å². The van der Waals surface area contributed by atoms with Crippen molar-refractivity contribution in [2.45, 2.75) is 5.51 Å². The predicted octanol–water partition coefficient (Wildman–Crippen LogP) is 2.86. The Morgan fingerprint density at radius 2 is 1.95 bits per heavy atom. The van der Waals surface area contributed by atoms with Crippen LogP contribution < -0.4 is 4.74 Å². The van der Waals surface area contributed by atoms with Gasteiger partial charge in [0, 0.05) is 10.5 Å². The number of aldehydes is 1. The quantitative estimate of drug-likeness (QED) is 0.255. The lowest BCUT2D eigenvalue weighted by molar-refractivity contribution is -0.104. The molecule has 21 heavy (non-hydrogen) atoms. The Morgan fingerprint density at radius 1 is 1.33 bits per heavy atom. The van der Waals surface area contributed by atoms with Crippen LogP contribution in [0.1, 0.15) is 5.56 Å². The van der Waals surface area contributed by atoms with Gasteiger partial charge in [-0.05, 0) is 18.2 Å². The Kier molecular flexibility index (Phi) is 5.40. The van der Waals surface area contributed by atoms with E-state index in [0.29, 0.717) is 10.5 Å². The van der Waals surface area contributed by atoms with E-state index < -0.39 is 21.4 Å². The third-order valence-electron chi connectivity index (χ3n) is 2.13. The van der Waals surface area contributed by atoms with Crippen molar-refractivity contribution in [3.63, 3.8) is 0 Å². The third-order valence-corrected chi connectivity index (χ3v) is 3.59. The van der Waals surface area contributed by atoms with Crippen molar-refractivity contribution in [3.8, 4) is 5.75 Å². The number of benzene rings is 1. The van der Waals surface area contributed by atoms with E-state index in [9.17, 15) is 26.4 Å². The molecule has 0 bridgehead atoms. The van der Waals surface area contributed by atoms with Gasteiger partial charge < -0.3 is 8.92 Å². The fourth-order valence-electron chi connectivity index (χ4n) is 1.26. The molecule has 1 aromatic rings. The van der Waals surface area contributed by atoms with E-state index in [-0.39, 0.29) is 17.6 Å². The second kappa shape index (κ2) is 6.48. The average Bonchev–Trinajstić information content (AvgIpc) is 2.36. The van der Waals surface area contributed by atoms with Gasteiger partial charge in [-0.3, -0.25) is 4.79 Å². The van der Waals surface area contributed by atoms with Crippen molar-refractivity contribution in [2.24, 2.45) is 0 Å². The van der Waals surface area contributed by atoms with Gasteiger partial charge in [0.05, 0.1) is 12.7 Å². The maximum Gasteiger partial charge on any atom is 0.534 e. The molecule has 1 rings (SSSR count). The maximum atomic E-state index is 12.3. The minimum Gasteiger partial charge on any atom is -0.496 e. The second-order valence-electron chi connectivity index (χ2n) is 3.49. The fraction of sp³-hybridized carbons (Fsp3) is 0.182. The second-order valence-corrected chi connectivity index (χ2v) is 5.95. The van der Waals surface area contributed by atoms with Crippen molar-refractivity contribution in [1.82, 2.24) is 0 Å². The summed E-state index contributed by atoms with van der Waals surface area (Å²) in [5, 5.41) is 0. The van der Waals surface area contributed by atoms with Gasteiger partial charge in [-0.2, -0.15) is 21.6 Å². The zero-order valence-electron chi connectivity index (χ0n) is 10.3. The minimum absolute atomic E-state index is 0.0230. The molecule has 5 nitrogen and oxygen atoms in total. The van der Waals surface area contributed by atoms with Crippen LogP contribution in [0.15, 0.2) is 28.7 Å². The van der Waals surface area contributed by atoms with E-state index in [4.69, 9.17) is 4.74 Å². The molecule has 0 aliphatic heterocycles. The van der Waals surface area contributed by atoms with Crippen LogP contribution in [-0.2, 0) is 19.1 Å². The zero-order chi connectivity index (χ0) is 16.3. The van der Waals surface area contributed by atoms with Crippen molar-refractivity contribution >= 4 is 38.1 Å². The molecule has 0 amide bonds. The number of ether oxygens (including phenoxy) is 1. The first-order valence-electron chi connectivity index (χ1n) is 5.12. The van der Waals surface area contributed by atoms with Crippen LogP contribution in [0.4, 0.5) is 13.2 Å². The molecule has 0 aliphatic carbocycles. The van der Waals surface area contributed by atoms with Crippen LogP contribution in [0.2, 0.25) is 0 Å². The molecule has 0 unspecified atom stereocenters. The van der Waals surface area contributed by atoms with Crippen LogP contribution in [-0.4, -0.2) is 27.3 Å². The first kappa shape index (κ1) is 17.5. The summed E-state index contributed by atoms with van der Waals surface area (Å²) >= 11 is 3.11. The zero-order valence-corrected chi connectivity index (χ0v) is 12.8. The first-order valence-corrected chi connectivity index (χ1v) is 7.32. The van der Waals surface area contributed by atoms with Gasteiger partial charge in [-0.25, -0.2) is 0 Å². The first-order chi connectivity index (χ1) is 9.62. The van der Waals surface area contributed by atoms with Gasteiger partial charge in [-0.1, -0.05) is 15.9 Å². The highest BCUT2D eigenvalue weighted by atomic mass is 79.9. The van der Waals surface area contributed by atoms with Crippen LogP contribution >= 0.6 is 15.9 Å². The summed E-state index contributed by atoms with van der Waals surface area (Å²) < 4.78 is 68.5. The van der Waals surface area contributed by atoms with Gasteiger partial charge in [0.2, 0.25) is 0 Å². The summed E-state index contributed by atoms with van der Waals surface area (Å²) in [5.41, 5.74) is -5.74. The molecule has 0 aromatic heterocycles. The van der Waals surface area contributed by atoms with Gasteiger partial charge >= 0.3 is 15.6 Å². The Morgan fingerprint density at radius 3 is 2.43 bits per heavy atom. The van der Waals surface area contributed by atoms with E-state index in [0.717, 1.165) is 0 Å². The van der Waals surface area contributed by atoms with Gasteiger partial charge in [-0.15, -0.1) is 0 Å². The van der Waals surface area contributed by atoms with Crippen molar-refractivity contribution < 1.29 is 35.3 Å². The SMILES string of the molecule is COc1cc(Br)ccc1/C(=C\C=O)OS(=O)(=O)C(F)(F)F. The van der Waals surface area contributed by atoms with E-state index in [1.54, 1.807) is 0 Å². The lowest BCUT2D eigenvalue weighted by Crippen LogP contribution is -2.25. The van der Waals surface area contributed by atoms with E-state index in [1.807, 2.05) is 0 Å². The van der Waals surface area contributed by atoms with Crippen LogP contribution in [0, 0.1) is 0 Å². The summed E-state index contributed by atoms with van der Waals surface area (Å²) in [6.45, 7) is 0. The number of hydrogen-bond acceptors (Lipinski definition) is 5. The number of carbonyl (C=O) groups is 1. The number of hydrogen-bond donors (Lipinski definition) is 0. The molecule has 10 heteroatoms. The van der Waals surface area contributed by atoms with Gasteiger partial charge in [0.25, 0.3) is 0 Å². The molecule has 0 heterocycles. The summed E-state index contributed by atoms with van der Waals surface area (Å²) in [7, 11) is -4.67. The van der Waals surface area contributed by atoms with E-state index >= 15 is 0 Å². The predicted molar refractivity (Wildman–Crippen MR) is 70.8 cm³/mol. The molecule has 0 spiro atoms. The summed E-state index contributed by atoms with van der Waals surface area (Å²) in [4.78, 5) is 10.5. The molecular weight excluding hydrogens is 381 g/mol. The van der Waals surface area contributed by atoms with Crippen LogP contribution in [0.3, 0.4) is 0 Å². The highest BCUT2D eigenvalue weighted by Crippen LogP contribution is 2.34. The Hall–Kier alpha value is -1.55. The average molecular weight is 389 g/mol. The van der Waals surface area contributed by atoms with E-state index in [1.165, 1.54) is 25.3 Å². The smallest absolute Gasteiger partial charge is 0.496 e. The molecule has 1 aromatic carbocycles. The van der Waals surface area contributed by atoms with Gasteiger partial charge in [0.1, 0.15) is 12.0 Å². The Bertz CT molecular complexity index is 667. The summed E-state index contributed by atoms with van der Waals surface area (Å²) in [5.74, 6) is -0.776. The van der Waals surface area contributed by atoms with Crippen LogP contribution in [0.5, 0.6) is 5.75 Å². The standard InChI is InChI=1S/C11H8BrF3O5S/c1-19-10-6-7(12)2-3-8(10)9(4-5-16)20-21(17,18)11(13,14)15/h2-6H,1H3/b9-4+. The topological polar surface area (TPSA) is 69.7 Å². The molecule has 0 atom stereocenters. The minimum atomic E-state index is -5.90. The normalized spacial score (nSPS) is 12.9. The molecule has 0 aliphatic rings. The largest absolute Gasteiger partial charge is 0.534 e. The summed E-state index contributed by atoms with van der Waals surface area (Å²) in [6.07, 6.45) is 0.651. The number of carbonyl (C=O) groups excluding carboxylic acids is 1. The molecular formula is C11H8BrF3O5S. The molecule has 0 radical (unpaired) electrons. The number of rotatable bonds is 5. The Balaban J connectivity index is 3.34. The molecule has 0 saturated heterocycles. The molecule has 0 N–H and O–H groups in total. The highest BCUT2D eigenvalue weighted by Gasteiger charge is 2.49. The monoisotopic (exact) mass is 388 g/mol. The van der Waals surface area contributed by atoms with Crippen LogP contribution in [0.25, 0.3) is 5.76 Å². The molecule has 116 valence electrons. The lowest BCUT2D eigenvalue weighted by Gasteiger charge is -2.14. The fourth-order valence-corrected chi connectivity index (χ4v) is 2.07. The number of alkyl halides is 3. The van der Waals surface area contributed by atoms with Crippen molar-refractivity contribution in [3.05, 3.63) is 34.3 Å². The lowest BCUT2D eigenvalue weighted by atomic mass is 10.1. The van der Waals surface area contributed by atoms with E-state index in [2.05, 4.69) is 20.1 Å². The maximum absolute atomic E-state index is 12.3. The number of allylic oxidation sites excluding steroid dienone is 1.